The zero-order valence-electron chi connectivity index (χ0n) is 17.0. The number of hydrogen-bond acceptors (Lipinski definition) is 7. The molecule has 1 heterocycles. The molecular weight excluding hydrogens is 456 g/mol. The minimum absolute atomic E-state index is 0.0795. The zero-order valence-corrected chi connectivity index (χ0v) is 18.5. The minimum atomic E-state index is -0.617. The van der Waals surface area contributed by atoms with Gasteiger partial charge in [0.25, 0.3) is 11.1 Å². The first-order chi connectivity index (χ1) is 15.3. The van der Waals surface area contributed by atoms with Crippen LogP contribution in [0.3, 0.4) is 0 Å². The Morgan fingerprint density at radius 1 is 1.19 bits per heavy atom. The predicted octanol–water partition coefficient (Wildman–Crippen LogP) is 4.29. The smallest absolute Gasteiger partial charge is 0.339 e. The summed E-state index contributed by atoms with van der Waals surface area (Å²) in [6.07, 6.45) is 2.16. The molecule has 1 saturated heterocycles. The largest absolute Gasteiger partial charge is 0.508 e. The maximum Gasteiger partial charge on any atom is 0.339 e. The number of aromatic hydroxyl groups is 1. The van der Waals surface area contributed by atoms with E-state index in [0.29, 0.717) is 12.0 Å². The van der Waals surface area contributed by atoms with Gasteiger partial charge in [-0.2, -0.15) is 0 Å². The quantitative estimate of drug-likeness (QED) is 0.454. The number of ether oxygens (including phenoxy) is 1. The van der Waals surface area contributed by atoms with Crippen molar-refractivity contribution in [1.29, 1.82) is 0 Å². The molecule has 1 fully saturated rings. The second-order valence-corrected chi connectivity index (χ2v) is 8.14. The molecule has 166 valence electrons. The number of phenols is 1. The number of nitrogens with zero attached hydrogens (tertiary/aromatic N) is 1. The molecule has 10 heteroatoms. The van der Waals surface area contributed by atoms with Crippen molar-refractivity contribution < 1.29 is 29.0 Å². The summed E-state index contributed by atoms with van der Waals surface area (Å²) in [6, 6.07) is 10.4. The zero-order chi connectivity index (χ0) is 23.3. The number of thioether (sulfide) groups is 1. The Balaban J connectivity index is 1.67. The molecule has 32 heavy (non-hydrogen) atoms. The van der Waals surface area contributed by atoms with Crippen LogP contribution in [-0.2, 0) is 14.3 Å². The van der Waals surface area contributed by atoms with Gasteiger partial charge in [0.15, 0.2) is 0 Å². The standard InChI is InChI=1S/C22H19ClN2O6S/c1-2-9-31-21(29)16-11-14(5-8-17(16)23)24-19(27)12-25-20(28)18(32-22(25)30)10-13-3-6-15(26)7-4-13/h3-8,10-11,26H,2,9,12H2,1H3,(H,24,27)/b18-10+. The molecule has 0 aliphatic carbocycles. The molecule has 0 saturated carbocycles. The van der Waals surface area contributed by atoms with E-state index < -0.39 is 29.6 Å². The molecule has 0 radical (unpaired) electrons. The lowest BCUT2D eigenvalue weighted by Gasteiger charge is -2.13. The van der Waals surface area contributed by atoms with Gasteiger partial charge in [0.2, 0.25) is 5.91 Å². The number of rotatable bonds is 7. The van der Waals surface area contributed by atoms with Gasteiger partial charge in [0, 0.05) is 5.69 Å². The van der Waals surface area contributed by atoms with Crippen molar-refractivity contribution in [3.05, 3.63) is 63.5 Å². The third-order valence-corrected chi connectivity index (χ3v) is 5.51. The van der Waals surface area contributed by atoms with Gasteiger partial charge in [-0.25, -0.2) is 4.79 Å². The van der Waals surface area contributed by atoms with Gasteiger partial charge in [-0.1, -0.05) is 30.7 Å². The Bertz CT molecular complexity index is 1100. The minimum Gasteiger partial charge on any atom is -0.508 e. The molecule has 2 N–H and O–H groups in total. The number of carbonyl (C=O) groups excluding carboxylic acids is 4. The van der Waals surface area contributed by atoms with Crippen molar-refractivity contribution in [3.8, 4) is 5.75 Å². The summed E-state index contributed by atoms with van der Waals surface area (Å²) < 4.78 is 5.06. The maximum atomic E-state index is 12.6. The fourth-order valence-corrected chi connectivity index (χ4v) is 3.77. The summed E-state index contributed by atoms with van der Waals surface area (Å²) >= 11 is 6.76. The Labute approximate surface area is 193 Å². The van der Waals surface area contributed by atoms with E-state index in [1.165, 1.54) is 36.4 Å². The van der Waals surface area contributed by atoms with E-state index in [4.69, 9.17) is 16.3 Å². The molecule has 2 aromatic carbocycles. The highest BCUT2D eigenvalue weighted by Gasteiger charge is 2.36. The van der Waals surface area contributed by atoms with Crippen LogP contribution in [0.2, 0.25) is 5.02 Å². The van der Waals surface area contributed by atoms with Crippen molar-refractivity contribution in [3.63, 3.8) is 0 Å². The highest BCUT2D eigenvalue weighted by Crippen LogP contribution is 2.32. The topological polar surface area (TPSA) is 113 Å². The molecule has 3 rings (SSSR count). The molecular formula is C22H19ClN2O6S. The molecule has 0 bridgehead atoms. The molecule has 0 unspecified atom stereocenters. The van der Waals surface area contributed by atoms with Gasteiger partial charge < -0.3 is 15.2 Å². The van der Waals surface area contributed by atoms with E-state index in [2.05, 4.69) is 5.32 Å². The van der Waals surface area contributed by atoms with Crippen LogP contribution in [0.1, 0.15) is 29.3 Å². The Morgan fingerprint density at radius 2 is 1.91 bits per heavy atom. The lowest BCUT2D eigenvalue weighted by Crippen LogP contribution is -2.36. The highest BCUT2D eigenvalue weighted by atomic mass is 35.5. The number of hydrogen-bond donors (Lipinski definition) is 2. The molecule has 2 aromatic rings. The average Bonchev–Trinajstić information content (AvgIpc) is 3.02. The van der Waals surface area contributed by atoms with E-state index >= 15 is 0 Å². The average molecular weight is 475 g/mol. The number of benzene rings is 2. The number of halogens is 1. The number of nitrogens with one attached hydrogen (secondary N) is 1. The molecule has 3 amide bonds. The number of carbonyl (C=O) groups is 4. The Morgan fingerprint density at radius 3 is 2.59 bits per heavy atom. The van der Waals surface area contributed by atoms with Crippen LogP contribution in [0, 0.1) is 0 Å². The predicted molar refractivity (Wildman–Crippen MR) is 121 cm³/mol. The van der Waals surface area contributed by atoms with E-state index in [9.17, 15) is 24.3 Å². The third-order valence-electron chi connectivity index (χ3n) is 4.27. The summed E-state index contributed by atoms with van der Waals surface area (Å²) in [7, 11) is 0. The fourth-order valence-electron chi connectivity index (χ4n) is 2.73. The van der Waals surface area contributed by atoms with Crippen LogP contribution in [0.15, 0.2) is 47.4 Å². The normalized spacial score (nSPS) is 14.7. The van der Waals surface area contributed by atoms with Crippen LogP contribution in [0.25, 0.3) is 6.08 Å². The van der Waals surface area contributed by atoms with Crippen LogP contribution >= 0.6 is 23.4 Å². The summed E-state index contributed by atoms with van der Waals surface area (Å²) in [4.78, 5) is 50.3. The molecule has 0 spiro atoms. The lowest BCUT2D eigenvalue weighted by molar-refractivity contribution is -0.127. The van der Waals surface area contributed by atoms with E-state index in [0.717, 1.165) is 16.7 Å². The van der Waals surface area contributed by atoms with Gasteiger partial charge in [-0.3, -0.25) is 19.3 Å². The summed E-state index contributed by atoms with van der Waals surface area (Å²) in [5.41, 5.74) is 0.997. The van der Waals surface area contributed by atoms with Gasteiger partial charge >= 0.3 is 5.97 Å². The third kappa shape index (κ3) is 5.68. The van der Waals surface area contributed by atoms with Crippen LogP contribution in [-0.4, -0.2) is 46.2 Å². The number of anilines is 1. The van der Waals surface area contributed by atoms with Crippen molar-refractivity contribution in [2.24, 2.45) is 0 Å². The fraction of sp³-hybridized carbons (Fsp3) is 0.182. The number of phenolic OH excluding ortho intramolecular Hbond substituents is 1. The van der Waals surface area contributed by atoms with Crippen LogP contribution in [0.5, 0.6) is 5.75 Å². The summed E-state index contributed by atoms with van der Waals surface area (Å²) in [6.45, 7) is 1.61. The highest BCUT2D eigenvalue weighted by molar-refractivity contribution is 8.18. The van der Waals surface area contributed by atoms with Crippen molar-refractivity contribution in [1.82, 2.24) is 4.90 Å². The SMILES string of the molecule is CCCOC(=O)c1cc(NC(=O)CN2C(=O)S/C(=C/c3ccc(O)cc3)C2=O)ccc1Cl. The maximum absolute atomic E-state index is 12.6. The van der Waals surface area contributed by atoms with E-state index in [-0.39, 0.29) is 33.5 Å². The summed E-state index contributed by atoms with van der Waals surface area (Å²) in [5, 5.41) is 11.5. The second-order valence-electron chi connectivity index (χ2n) is 6.74. The molecule has 1 aliphatic heterocycles. The van der Waals surface area contributed by atoms with Crippen LogP contribution < -0.4 is 5.32 Å². The molecule has 1 aliphatic rings. The van der Waals surface area contributed by atoms with Gasteiger partial charge in [0.1, 0.15) is 12.3 Å². The van der Waals surface area contributed by atoms with Crippen LogP contribution in [0.4, 0.5) is 10.5 Å². The van der Waals surface area contributed by atoms with Crippen molar-refractivity contribution in [2.45, 2.75) is 13.3 Å². The first-order valence-corrected chi connectivity index (χ1v) is 10.8. The number of amides is 3. The molecule has 8 nitrogen and oxygen atoms in total. The first kappa shape index (κ1) is 23.4. The first-order valence-electron chi connectivity index (χ1n) is 9.59. The monoisotopic (exact) mass is 474 g/mol. The van der Waals surface area contributed by atoms with E-state index in [1.807, 2.05) is 6.92 Å². The van der Waals surface area contributed by atoms with Crippen molar-refractivity contribution in [2.75, 3.05) is 18.5 Å². The van der Waals surface area contributed by atoms with Crippen molar-refractivity contribution >= 4 is 58.1 Å². The number of esters is 1. The van der Waals surface area contributed by atoms with E-state index in [1.54, 1.807) is 12.1 Å². The van der Waals surface area contributed by atoms with Gasteiger partial charge in [-0.05, 0) is 60.2 Å². The second kappa shape index (κ2) is 10.3. The summed E-state index contributed by atoms with van der Waals surface area (Å²) in [5.74, 6) is -1.74. The van der Waals surface area contributed by atoms with Gasteiger partial charge in [-0.15, -0.1) is 0 Å². The molecule has 0 atom stereocenters. The van der Waals surface area contributed by atoms with Gasteiger partial charge in [0.05, 0.1) is 22.1 Å². The Hall–Kier alpha value is -3.30. The lowest BCUT2D eigenvalue weighted by atomic mass is 10.2. The molecule has 0 aromatic heterocycles. The number of imide groups is 1. The Kier molecular flexibility index (Phi) is 7.55.